The minimum Gasteiger partial charge on any atom is -0.367 e. The lowest BCUT2D eigenvalue weighted by Crippen LogP contribution is -2.53. The van der Waals surface area contributed by atoms with E-state index in [1.54, 1.807) is 7.05 Å². The number of aliphatic imine (C=N–C) groups is 1. The summed E-state index contributed by atoms with van der Waals surface area (Å²) in [5.74, 6) is 1.34. The van der Waals surface area contributed by atoms with Crippen LogP contribution < -0.4 is 15.5 Å². The number of hydrogen-bond donors (Lipinski definition) is 2. The van der Waals surface area contributed by atoms with E-state index >= 15 is 0 Å². The number of hydrogen-bond acceptors (Lipinski definition) is 3. The van der Waals surface area contributed by atoms with Gasteiger partial charge < -0.3 is 20.4 Å². The van der Waals surface area contributed by atoms with Crippen LogP contribution in [0.3, 0.4) is 0 Å². The maximum atomic E-state index is 11.6. The Morgan fingerprint density at radius 2 is 1.84 bits per heavy atom. The molecule has 1 aliphatic heterocycles. The number of benzene rings is 1. The third-order valence-corrected chi connectivity index (χ3v) is 4.96. The van der Waals surface area contributed by atoms with Crippen LogP contribution >= 0.6 is 11.6 Å². The molecule has 1 aromatic carbocycles. The zero-order chi connectivity index (χ0) is 17.6. The predicted molar refractivity (Wildman–Crippen MR) is 102 cm³/mol. The highest BCUT2D eigenvalue weighted by atomic mass is 35.5. The molecule has 1 aliphatic carbocycles. The molecular weight excluding hydrogens is 338 g/mol. The second-order valence-electron chi connectivity index (χ2n) is 6.46. The van der Waals surface area contributed by atoms with Gasteiger partial charge in [-0.1, -0.05) is 23.7 Å². The molecule has 2 fully saturated rings. The van der Waals surface area contributed by atoms with E-state index in [1.165, 1.54) is 0 Å². The lowest BCUT2D eigenvalue weighted by atomic mass is 10.2. The summed E-state index contributed by atoms with van der Waals surface area (Å²) in [6.07, 6.45) is 2.08. The van der Waals surface area contributed by atoms with Crippen LogP contribution in [-0.4, -0.2) is 63.1 Å². The molecule has 136 valence electrons. The minimum atomic E-state index is 0.185. The van der Waals surface area contributed by atoms with Gasteiger partial charge in [-0.15, -0.1) is 0 Å². The molecule has 1 aromatic rings. The molecule has 25 heavy (non-hydrogen) atoms. The van der Waals surface area contributed by atoms with Gasteiger partial charge in [0.1, 0.15) is 0 Å². The van der Waals surface area contributed by atoms with Gasteiger partial charge in [0.15, 0.2) is 5.96 Å². The summed E-state index contributed by atoms with van der Waals surface area (Å²) >= 11 is 6.29. The van der Waals surface area contributed by atoms with Crippen molar-refractivity contribution < 1.29 is 4.79 Å². The van der Waals surface area contributed by atoms with Crippen LogP contribution in [0, 0.1) is 5.92 Å². The zero-order valence-electron chi connectivity index (χ0n) is 14.7. The molecule has 0 spiro atoms. The standard InChI is InChI=1S/C18H26ClN5O/c1-20-18(22-9-8-21-17(25)14-6-7-14)24-12-10-23(11-13-24)16-5-3-2-4-15(16)19/h2-5,14H,6-13H2,1H3,(H,20,22)(H,21,25). The summed E-state index contributed by atoms with van der Waals surface area (Å²) in [7, 11) is 1.80. The molecule has 1 heterocycles. The van der Waals surface area contributed by atoms with Crippen LogP contribution in [0.15, 0.2) is 29.3 Å². The molecule has 0 atom stereocenters. The quantitative estimate of drug-likeness (QED) is 0.473. The number of rotatable bonds is 5. The summed E-state index contributed by atoms with van der Waals surface area (Å²) in [6, 6.07) is 7.97. The van der Waals surface area contributed by atoms with Crippen LogP contribution in [0.2, 0.25) is 5.02 Å². The van der Waals surface area contributed by atoms with E-state index in [-0.39, 0.29) is 11.8 Å². The largest absolute Gasteiger partial charge is 0.367 e. The number of halogens is 1. The van der Waals surface area contributed by atoms with Gasteiger partial charge >= 0.3 is 0 Å². The Kier molecular flexibility index (Phi) is 6.02. The van der Waals surface area contributed by atoms with Gasteiger partial charge in [-0.25, -0.2) is 0 Å². The van der Waals surface area contributed by atoms with Crippen molar-refractivity contribution in [1.29, 1.82) is 0 Å². The maximum Gasteiger partial charge on any atom is 0.223 e. The van der Waals surface area contributed by atoms with E-state index in [2.05, 4.69) is 31.5 Å². The first-order valence-electron chi connectivity index (χ1n) is 8.92. The van der Waals surface area contributed by atoms with Gasteiger partial charge in [-0.05, 0) is 25.0 Å². The van der Waals surface area contributed by atoms with Gasteiger partial charge in [-0.2, -0.15) is 0 Å². The molecule has 3 rings (SSSR count). The summed E-state index contributed by atoms with van der Waals surface area (Å²) in [5.41, 5.74) is 1.09. The fourth-order valence-electron chi connectivity index (χ4n) is 3.05. The van der Waals surface area contributed by atoms with Gasteiger partial charge in [0.2, 0.25) is 5.91 Å². The van der Waals surface area contributed by atoms with Crippen molar-refractivity contribution in [2.24, 2.45) is 10.9 Å². The first kappa shape index (κ1) is 17.9. The Labute approximate surface area is 154 Å². The third-order valence-electron chi connectivity index (χ3n) is 4.64. The van der Waals surface area contributed by atoms with Gasteiger partial charge in [0, 0.05) is 52.2 Å². The molecule has 0 radical (unpaired) electrons. The molecule has 0 bridgehead atoms. The van der Waals surface area contributed by atoms with Crippen LogP contribution in [0.4, 0.5) is 5.69 Å². The lowest BCUT2D eigenvalue weighted by Gasteiger charge is -2.38. The molecule has 2 aliphatic rings. The fourth-order valence-corrected chi connectivity index (χ4v) is 3.30. The van der Waals surface area contributed by atoms with Crippen LogP contribution in [0.1, 0.15) is 12.8 Å². The summed E-state index contributed by atoms with van der Waals surface area (Å²) in [5, 5.41) is 7.10. The van der Waals surface area contributed by atoms with Crippen molar-refractivity contribution in [3.63, 3.8) is 0 Å². The minimum absolute atomic E-state index is 0.185. The van der Waals surface area contributed by atoms with Crippen molar-refractivity contribution in [2.45, 2.75) is 12.8 Å². The number of para-hydroxylation sites is 1. The number of carbonyl (C=O) groups excluding carboxylic acids is 1. The highest BCUT2D eigenvalue weighted by Gasteiger charge is 2.29. The average Bonchev–Trinajstić information content (AvgIpc) is 3.48. The van der Waals surface area contributed by atoms with Crippen molar-refractivity contribution in [1.82, 2.24) is 15.5 Å². The Hall–Kier alpha value is -1.95. The molecule has 7 heteroatoms. The molecule has 2 N–H and O–H groups in total. The van der Waals surface area contributed by atoms with Crippen LogP contribution in [-0.2, 0) is 4.79 Å². The molecular formula is C18H26ClN5O. The van der Waals surface area contributed by atoms with Crippen molar-refractivity contribution >= 4 is 29.2 Å². The molecule has 6 nitrogen and oxygen atoms in total. The second-order valence-corrected chi connectivity index (χ2v) is 6.87. The number of anilines is 1. The van der Waals surface area contributed by atoms with E-state index in [0.29, 0.717) is 13.1 Å². The predicted octanol–water partition coefficient (Wildman–Crippen LogP) is 1.56. The number of amides is 1. The van der Waals surface area contributed by atoms with Gasteiger partial charge in [0.25, 0.3) is 0 Å². The SMILES string of the molecule is CN=C(NCCNC(=O)C1CC1)N1CCN(c2ccccc2Cl)CC1. The maximum absolute atomic E-state index is 11.6. The Morgan fingerprint density at radius 3 is 2.48 bits per heavy atom. The summed E-state index contributed by atoms with van der Waals surface area (Å²) < 4.78 is 0. The second kappa shape index (κ2) is 8.43. The summed E-state index contributed by atoms with van der Waals surface area (Å²) in [4.78, 5) is 20.5. The number of nitrogens with one attached hydrogen (secondary N) is 2. The lowest BCUT2D eigenvalue weighted by molar-refractivity contribution is -0.122. The van der Waals surface area contributed by atoms with E-state index in [0.717, 1.165) is 55.7 Å². The van der Waals surface area contributed by atoms with Crippen LogP contribution in [0.25, 0.3) is 0 Å². The normalized spacial score (nSPS) is 18.2. The Balaban J connectivity index is 1.42. The van der Waals surface area contributed by atoms with E-state index in [4.69, 9.17) is 11.6 Å². The van der Waals surface area contributed by atoms with Gasteiger partial charge in [-0.3, -0.25) is 9.79 Å². The monoisotopic (exact) mass is 363 g/mol. The number of guanidine groups is 1. The van der Waals surface area contributed by atoms with Crippen molar-refractivity contribution in [3.8, 4) is 0 Å². The zero-order valence-corrected chi connectivity index (χ0v) is 15.4. The Bertz CT molecular complexity index is 624. The van der Waals surface area contributed by atoms with E-state index in [1.807, 2.05) is 18.2 Å². The summed E-state index contributed by atoms with van der Waals surface area (Å²) in [6.45, 7) is 4.91. The van der Waals surface area contributed by atoms with Crippen molar-refractivity contribution in [2.75, 3.05) is 51.2 Å². The molecule has 0 aromatic heterocycles. The number of piperazine rings is 1. The van der Waals surface area contributed by atoms with E-state index < -0.39 is 0 Å². The molecule has 0 unspecified atom stereocenters. The molecule has 1 saturated carbocycles. The highest BCUT2D eigenvalue weighted by Crippen LogP contribution is 2.28. The van der Waals surface area contributed by atoms with Gasteiger partial charge in [0.05, 0.1) is 10.7 Å². The number of carbonyl (C=O) groups is 1. The molecule has 1 amide bonds. The van der Waals surface area contributed by atoms with E-state index in [9.17, 15) is 4.79 Å². The Morgan fingerprint density at radius 1 is 1.16 bits per heavy atom. The van der Waals surface area contributed by atoms with Crippen LogP contribution in [0.5, 0.6) is 0 Å². The van der Waals surface area contributed by atoms with Crippen molar-refractivity contribution in [3.05, 3.63) is 29.3 Å². The first-order chi connectivity index (χ1) is 12.2. The first-order valence-corrected chi connectivity index (χ1v) is 9.29. The molecule has 1 saturated heterocycles. The number of nitrogens with zero attached hydrogens (tertiary/aromatic N) is 3. The average molecular weight is 364 g/mol. The topological polar surface area (TPSA) is 60.0 Å². The fraction of sp³-hybridized carbons (Fsp3) is 0.556. The smallest absolute Gasteiger partial charge is 0.223 e. The third kappa shape index (κ3) is 4.78. The highest BCUT2D eigenvalue weighted by molar-refractivity contribution is 6.33.